The molecule has 0 aliphatic heterocycles. The maximum Gasteiger partial charge on any atom is 0.303 e. The highest BCUT2D eigenvalue weighted by molar-refractivity contribution is 7.10. The summed E-state index contributed by atoms with van der Waals surface area (Å²) in [4.78, 5) is 14.3. The van der Waals surface area contributed by atoms with Gasteiger partial charge in [-0.25, -0.2) is 0 Å². The van der Waals surface area contributed by atoms with Crippen molar-refractivity contribution in [2.24, 2.45) is 5.92 Å². The molecule has 3 nitrogen and oxygen atoms in total. The largest absolute Gasteiger partial charge is 0.481 e. The first-order chi connectivity index (χ1) is 7.58. The molecule has 0 radical (unpaired) electrons. The van der Waals surface area contributed by atoms with Gasteiger partial charge in [0.2, 0.25) is 0 Å². The van der Waals surface area contributed by atoms with E-state index in [2.05, 4.69) is 30.4 Å². The van der Waals surface area contributed by atoms with Gasteiger partial charge in [-0.1, -0.05) is 0 Å². The lowest BCUT2D eigenvalue weighted by Crippen LogP contribution is -2.28. The zero-order valence-corrected chi connectivity index (χ0v) is 10.5. The van der Waals surface area contributed by atoms with Gasteiger partial charge in [0, 0.05) is 17.3 Å². The first-order valence-corrected chi connectivity index (χ1v) is 6.40. The number of thiophene rings is 1. The van der Waals surface area contributed by atoms with E-state index in [4.69, 9.17) is 5.11 Å². The molecule has 1 aliphatic rings. The van der Waals surface area contributed by atoms with Gasteiger partial charge in [0.05, 0.1) is 0 Å². The zero-order valence-electron chi connectivity index (χ0n) is 9.64. The van der Waals surface area contributed by atoms with Crippen molar-refractivity contribution < 1.29 is 9.90 Å². The van der Waals surface area contributed by atoms with Gasteiger partial charge in [0.25, 0.3) is 0 Å². The van der Waals surface area contributed by atoms with Crippen LogP contribution < -0.4 is 0 Å². The summed E-state index contributed by atoms with van der Waals surface area (Å²) in [6, 6.07) is 2.57. The van der Waals surface area contributed by atoms with Crippen LogP contribution in [0.5, 0.6) is 0 Å². The molecule has 1 heterocycles. The minimum Gasteiger partial charge on any atom is -0.481 e. The van der Waals surface area contributed by atoms with Crippen LogP contribution in [-0.2, 0) is 11.2 Å². The van der Waals surface area contributed by atoms with Crippen molar-refractivity contribution in [2.75, 3.05) is 14.1 Å². The summed E-state index contributed by atoms with van der Waals surface area (Å²) in [5.41, 5.74) is 1.40. The Morgan fingerprint density at radius 2 is 2.38 bits per heavy atom. The number of hydrogen-bond donors (Lipinski definition) is 1. The minimum absolute atomic E-state index is 0.288. The molecule has 2 atom stereocenters. The Bertz CT molecular complexity index is 386. The molecule has 0 bridgehead atoms. The Labute approximate surface area is 99.7 Å². The molecule has 0 saturated heterocycles. The Morgan fingerprint density at radius 3 is 3.00 bits per heavy atom. The van der Waals surface area contributed by atoms with Gasteiger partial charge in [-0.2, -0.15) is 0 Å². The average Bonchev–Trinajstić information content (AvgIpc) is 2.62. The highest BCUT2D eigenvalue weighted by Crippen LogP contribution is 2.39. The van der Waals surface area contributed by atoms with E-state index < -0.39 is 5.97 Å². The summed E-state index contributed by atoms with van der Waals surface area (Å²) >= 11 is 1.76. The topological polar surface area (TPSA) is 40.5 Å². The predicted octanol–water partition coefficient (Wildman–Crippen LogP) is 2.39. The zero-order chi connectivity index (χ0) is 11.7. The molecule has 0 spiro atoms. The summed E-state index contributed by atoms with van der Waals surface area (Å²) in [7, 11) is 4.13. The van der Waals surface area contributed by atoms with Crippen molar-refractivity contribution in [2.45, 2.75) is 25.3 Å². The molecule has 16 heavy (non-hydrogen) atoms. The summed E-state index contributed by atoms with van der Waals surface area (Å²) in [6.45, 7) is 0. The fourth-order valence-electron chi connectivity index (χ4n) is 2.49. The molecule has 1 N–H and O–H groups in total. The molecule has 1 aromatic heterocycles. The molecule has 0 fully saturated rings. The van der Waals surface area contributed by atoms with Gasteiger partial charge in [0.15, 0.2) is 0 Å². The molecule has 0 saturated carbocycles. The van der Waals surface area contributed by atoms with Crippen molar-refractivity contribution in [3.63, 3.8) is 0 Å². The molecule has 4 heteroatoms. The van der Waals surface area contributed by atoms with E-state index in [1.54, 1.807) is 11.3 Å². The van der Waals surface area contributed by atoms with Gasteiger partial charge in [-0.05, 0) is 49.9 Å². The van der Waals surface area contributed by atoms with E-state index in [1.807, 2.05) is 0 Å². The van der Waals surface area contributed by atoms with Crippen LogP contribution in [0.3, 0.4) is 0 Å². The van der Waals surface area contributed by atoms with Crippen molar-refractivity contribution >= 4 is 17.3 Å². The molecule has 1 aromatic rings. The SMILES string of the molecule is CN(C)C1CC(CC(=O)O)Cc2sccc21. The van der Waals surface area contributed by atoms with Gasteiger partial charge >= 0.3 is 5.97 Å². The van der Waals surface area contributed by atoms with E-state index in [0.717, 1.165) is 12.8 Å². The second kappa shape index (κ2) is 4.55. The fraction of sp³-hybridized carbons (Fsp3) is 0.583. The number of carboxylic acid groups (broad SMARTS) is 1. The lowest BCUT2D eigenvalue weighted by molar-refractivity contribution is -0.138. The quantitative estimate of drug-likeness (QED) is 0.880. The lowest BCUT2D eigenvalue weighted by atomic mass is 9.83. The van der Waals surface area contributed by atoms with Crippen LogP contribution >= 0.6 is 11.3 Å². The van der Waals surface area contributed by atoms with E-state index in [1.165, 1.54) is 10.4 Å². The van der Waals surface area contributed by atoms with Crippen LogP contribution in [0.25, 0.3) is 0 Å². The van der Waals surface area contributed by atoms with Gasteiger partial charge < -0.3 is 10.0 Å². The number of hydrogen-bond acceptors (Lipinski definition) is 3. The molecule has 0 amide bonds. The van der Waals surface area contributed by atoms with Crippen molar-refractivity contribution in [3.8, 4) is 0 Å². The first kappa shape index (κ1) is 11.6. The van der Waals surface area contributed by atoms with Crippen molar-refractivity contribution in [1.29, 1.82) is 0 Å². The Kier molecular flexibility index (Phi) is 3.30. The molecule has 88 valence electrons. The number of nitrogens with zero attached hydrogens (tertiary/aromatic N) is 1. The summed E-state index contributed by atoms with van der Waals surface area (Å²) in [5.74, 6) is -0.390. The van der Waals surface area contributed by atoms with Crippen molar-refractivity contribution in [1.82, 2.24) is 4.90 Å². The standard InChI is InChI=1S/C12H17NO2S/c1-13(2)10-5-8(7-12(14)15)6-11-9(10)3-4-16-11/h3-4,8,10H,5-7H2,1-2H3,(H,14,15). The minimum atomic E-state index is -0.678. The van der Waals surface area contributed by atoms with E-state index in [0.29, 0.717) is 12.5 Å². The number of carboxylic acids is 1. The van der Waals surface area contributed by atoms with E-state index in [-0.39, 0.29) is 5.92 Å². The summed E-state index contributed by atoms with van der Waals surface area (Å²) in [6.07, 6.45) is 2.19. The third-order valence-corrected chi connectivity index (χ3v) is 4.22. The predicted molar refractivity (Wildman–Crippen MR) is 64.8 cm³/mol. The van der Waals surface area contributed by atoms with Crippen LogP contribution in [0.1, 0.15) is 29.3 Å². The Balaban J connectivity index is 2.20. The van der Waals surface area contributed by atoms with Gasteiger partial charge in [-0.3, -0.25) is 4.79 Å². The molecule has 2 rings (SSSR count). The Hall–Kier alpha value is -0.870. The molecular formula is C12H17NO2S. The molecule has 0 aromatic carbocycles. The van der Waals surface area contributed by atoms with E-state index in [9.17, 15) is 4.79 Å². The Morgan fingerprint density at radius 1 is 1.62 bits per heavy atom. The molecule has 2 unspecified atom stereocenters. The van der Waals surface area contributed by atoms with Crippen LogP contribution in [-0.4, -0.2) is 30.1 Å². The third-order valence-electron chi connectivity index (χ3n) is 3.26. The second-order valence-corrected chi connectivity index (χ2v) is 5.68. The van der Waals surface area contributed by atoms with E-state index >= 15 is 0 Å². The summed E-state index contributed by atoms with van der Waals surface area (Å²) < 4.78 is 0. The maximum atomic E-state index is 10.8. The maximum absolute atomic E-state index is 10.8. The van der Waals surface area contributed by atoms with Gasteiger partial charge in [0.1, 0.15) is 0 Å². The van der Waals surface area contributed by atoms with Gasteiger partial charge in [-0.15, -0.1) is 11.3 Å². The second-order valence-electron chi connectivity index (χ2n) is 4.68. The fourth-order valence-corrected chi connectivity index (χ4v) is 3.54. The molecule has 1 aliphatic carbocycles. The highest BCUT2D eigenvalue weighted by atomic mass is 32.1. The smallest absolute Gasteiger partial charge is 0.303 e. The molecular weight excluding hydrogens is 222 g/mol. The third kappa shape index (κ3) is 2.28. The summed E-state index contributed by atoms with van der Waals surface area (Å²) in [5, 5.41) is 11.0. The highest BCUT2D eigenvalue weighted by Gasteiger charge is 2.30. The first-order valence-electron chi connectivity index (χ1n) is 5.52. The van der Waals surface area contributed by atoms with Crippen molar-refractivity contribution in [3.05, 3.63) is 21.9 Å². The number of carbonyl (C=O) groups is 1. The lowest BCUT2D eigenvalue weighted by Gasteiger charge is -2.33. The normalized spacial score (nSPS) is 24.4. The number of rotatable bonds is 3. The monoisotopic (exact) mass is 239 g/mol. The van der Waals surface area contributed by atoms with Crippen LogP contribution in [0, 0.1) is 5.92 Å². The number of aliphatic carboxylic acids is 1. The number of fused-ring (bicyclic) bond motifs is 1. The van der Waals surface area contributed by atoms with Crippen LogP contribution in [0.4, 0.5) is 0 Å². The average molecular weight is 239 g/mol. The van der Waals surface area contributed by atoms with Crippen LogP contribution in [0.2, 0.25) is 0 Å². The van der Waals surface area contributed by atoms with Crippen LogP contribution in [0.15, 0.2) is 11.4 Å².